The van der Waals surface area contributed by atoms with Crippen molar-refractivity contribution < 1.29 is 4.74 Å². The van der Waals surface area contributed by atoms with E-state index >= 15 is 0 Å². The van der Waals surface area contributed by atoms with Gasteiger partial charge in [0.1, 0.15) is 5.01 Å². The van der Waals surface area contributed by atoms with Crippen LogP contribution in [-0.4, -0.2) is 28.6 Å². The third-order valence-corrected chi connectivity index (χ3v) is 4.68. The minimum atomic E-state index is 0. The molecule has 6 nitrogen and oxygen atoms in total. The van der Waals surface area contributed by atoms with Gasteiger partial charge in [0.25, 0.3) is 0 Å². The minimum Gasteiger partial charge on any atom is -0.475 e. The molecule has 8 heteroatoms. The summed E-state index contributed by atoms with van der Waals surface area (Å²) in [5.41, 5.74) is 1.07. The smallest absolute Gasteiger partial charge is 0.213 e. The lowest BCUT2D eigenvalue weighted by atomic mass is 10.1. The number of aliphatic imine (C=N–C) groups is 1. The number of nitrogens with zero attached hydrogens (tertiary/aromatic N) is 3. The van der Waals surface area contributed by atoms with Crippen LogP contribution in [0.5, 0.6) is 5.88 Å². The van der Waals surface area contributed by atoms with E-state index in [0.717, 1.165) is 29.5 Å². The lowest BCUT2D eigenvalue weighted by molar-refractivity contribution is 0.185. The van der Waals surface area contributed by atoms with Crippen molar-refractivity contribution in [2.75, 3.05) is 6.54 Å². The standard InChI is InChI=1S/C20H31N5OS.HI/c1-6-21-20(25-13-19-23-11-16(5)27-19)24-12-17-7-8-22-18(10-17)26-15(4)9-14(2)3;/h7-8,10-11,14-15H,6,9,12-13H2,1-5H3,(H2,21,24,25);1H. The van der Waals surface area contributed by atoms with Crippen molar-refractivity contribution in [2.45, 2.75) is 60.2 Å². The largest absolute Gasteiger partial charge is 0.475 e. The third-order valence-electron chi connectivity index (χ3n) is 3.76. The molecule has 28 heavy (non-hydrogen) atoms. The van der Waals surface area contributed by atoms with E-state index in [1.807, 2.05) is 18.3 Å². The Balaban J connectivity index is 0.00000392. The molecule has 0 bridgehead atoms. The molecule has 2 rings (SSSR count). The molecule has 0 fully saturated rings. The number of rotatable bonds is 9. The highest BCUT2D eigenvalue weighted by atomic mass is 127. The lowest BCUT2D eigenvalue weighted by Gasteiger charge is -2.16. The van der Waals surface area contributed by atoms with Crippen molar-refractivity contribution in [3.05, 3.63) is 40.0 Å². The fraction of sp³-hybridized carbons (Fsp3) is 0.550. The number of thiazole rings is 1. The molecule has 1 atom stereocenters. The van der Waals surface area contributed by atoms with Crippen LogP contribution in [0.1, 0.15) is 49.6 Å². The Bertz CT molecular complexity index is 735. The monoisotopic (exact) mass is 517 g/mol. The molecule has 0 amide bonds. The Hall–Kier alpha value is -1.42. The molecule has 0 saturated heterocycles. The van der Waals surface area contributed by atoms with Crippen LogP contribution in [0.15, 0.2) is 29.5 Å². The maximum atomic E-state index is 5.93. The highest BCUT2D eigenvalue weighted by Crippen LogP contribution is 2.15. The summed E-state index contributed by atoms with van der Waals surface area (Å²) >= 11 is 1.69. The van der Waals surface area contributed by atoms with E-state index in [9.17, 15) is 0 Å². The summed E-state index contributed by atoms with van der Waals surface area (Å²) in [6.07, 6.45) is 4.83. The molecule has 0 radical (unpaired) electrons. The first-order chi connectivity index (χ1) is 13.0. The van der Waals surface area contributed by atoms with Gasteiger partial charge in [-0.05, 0) is 44.7 Å². The summed E-state index contributed by atoms with van der Waals surface area (Å²) < 4.78 is 5.93. The van der Waals surface area contributed by atoms with Crippen molar-refractivity contribution in [3.8, 4) is 5.88 Å². The van der Waals surface area contributed by atoms with Gasteiger partial charge in [-0.15, -0.1) is 35.3 Å². The fourth-order valence-corrected chi connectivity index (χ4v) is 3.41. The zero-order valence-corrected chi connectivity index (χ0v) is 20.5. The van der Waals surface area contributed by atoms with Gasteiger partial charge in [-0.3, -0.25) is 0 Å². The van der Waals surface area contributed by atoms with Gasteiger partial charge in [-0.2, -0.15) is 0 Å². The molecular formula is C20H32IN5OS. The summed E-state index contributed by atoms with van der Waals surface area (Å²) in [6, 6.07) is 3.94. The number of halogens is 1. The fourth-order valence-electron chi connectivity index (χ4n) is 2.69. The summed E-state index contributed by atoms with van der Waals surface area (Å²) in [6.45, 7) is 12.6. The molecule has 0 aliphatic carbocycles. The van der Waals surface area contributed by atoms with E-state index in [-0.39, 0.29) is 30.1 Å². The van der Waals surface area contributed by atoms with E-state index in [1.54, 1.807) is 17.5 Å². The van der Waals surface area contributed by atoms with E-state index in [4.69, 9.17) is 4.74 Å². The summed E-state index contributed by atoms with van der Waals surface area (Å²) in [5, 5.41) is 7.65. The molecule has 1 unspecified atom stereocenters. The van der Waals surface area contributed by atoms with Crippen molar-refractivity contribution >= 4 is 41.3 Å². The zero-order valence-electron chi connectivity index (χ0n) is 17.4. The van der Waals surface area contributed by atoms with Crippen LogP contribution in [0, 0.1) is 12.8 Å². The Labute approximate surface area is 189 Å². The summed E-state index contributed by atoms with van der Waals surface area (Å²) in [5.74, 6) is 2.04. The van der Waals surface area contributed by atoms with Crippen LogP contribution in [0.3, 0.4) is 0 Å². The third kappa shape index (κ3) is 9.18. The normalized spacial score (nSPS) is 12.4. The Morgan fingerprint density at radius 1 is 1.25 bits per heavy atom. The molecule has 2 aromatic rings. The number of guanidine groups is 1. The molecule has 0 saturated carbocycles. The Morgan fingerprint density at radius 2 is 2.04 bits per heavy atom. The van der Waals surface area contributed by atoms with Gasteiger partial charge in [0, 0.05) is 29.9 Å². The highest BCUT2D eigenvalue weighted by molar-refractivity contribution is 14.0. The van der Waals surface area contributed by atoms with E-state index < -0.39 is 0 Å². The second kappa shape index (κ2) is 12.9. The van der Waals surface area contributed by atoms with Gasteiger partial charge >= 0.3 is 0 Å². The maximum Gasteiger partial charge on any atom is 0.213 e. The van der Waals surface area contributed by atoms with Crippen molar-refractivity contribution in [1.29, 1.82) is 0 Å². The first-order valence-electron chi connectivity index (χ1n) is 9.51. The molecule has 2 N–H and O–H groups in total. The highest BCUT2D eigenvalue weighted by Gasteiger charge is 2.08. The SMILES string of the molecule is CCNC(=NCc1ccnc(OC(C)CC(C)C)c1)NCc1ncc(C)s1.I. The number of hydrogen-bond acceptors (Lipinski definition) is 5. The molecule has 2 aromatic heterocycles. The van der Waals surface area contributed by atoms with Crippen LogP contribution in [0.4, 0.5) is 0 Å². The number of hydrogen-bond donors (Lipinski definition) is 2. The number of aromatic nitrogens is 2. The first kappa shape index (κ1) is 24.6. The van der Waals surface area contributed by atoms with Crippen LogP contribution in [0.2, 0.25) is 0 Å². The predicted octanol–water partition coefficient (Wildman–Crippen LogP) is 4.53. The second-order valence-electron chi connectivity index (χ2n) is 6.97. The second-order valence-corrected chi connectivity index (χ2v) is 8.29. The van der Waals surface area contributed by atoms with Gasteiger partial charge in [-0.1, -0.05) is 13.8 Å². The molecule has 2 heterocycles. The topological polar surface area (TPSA) is 71.4 Å². The van der Waals surface area contributed by atoms with Crippen LogP contribution >= 0.6 is 35.3 Å². The van der Waals surface area contributed by atoms with Gasteiger partial charge in [-0.25, -0.2) is 15.0 Å². The van der Waals surface area contributed by atoms with Gasteiger partial charge in [0.15, 0.2) is 5.96 Å². The molecular weight excluding hydrogens is 485 g/mol. The molecule has 0 spiro atoms. The summed E-state index contributed by atoms with van der Waals surface area (Å²) in [4.78, 5) is 14.6. The van der Waals surface area contributed by atoms with Gasteiger partial charge in [0.2, 0.25) is 5.88 Å². The molecule has 0 aliphatic heterocycles. The van der Waals surface area contributed by atoms with Crippen molar-refractivity contribution in [1.82, 2.24) is 20.6 Å². The lowest BCUT2D eigenvalue weighted by Crippen LogP contribution is -2.36. The van der Waals surface area contributed by atoms with Crippen LogP contribution in [-0.2, 0) is 13.1 Å². The van der Waals surface area contributed by atoms with Crippen molar-refractivity contribution in [2.24, 2.45) is 10.9 Å². The van der Waals surface area contributed by atoms with E-state index in [1.165, 1.54) is 4.88 Å². The van der Waals surface area contributed by atoms with Gasteiger partial charge < -0.3 is 15.4 Å². The quantitative estimate of drug-likeness (QED) is 0.291. The molecule has 0 aliphatic rings. The number of pyridine rings is 1. The zero-order chi connectivity index (χ0) is 19.6. The van der Waals surface area contributed by atoms with Crippen LogP contribution in [0.25, 0.3) is 0 Å². The maximum absolute atomic E-state index is 5.93. The Morgan fingerprint density at radius 3 is 2.68 bits per heavy atom. The average molecular weight is 517 g/mol. The minimum absolute atomic E-state index is 0. The number of ether oxygens (including phenoxy) is 1. The predicted molar refractivity (Wildman–Crippen MR) is 128 cm³/mol. The number of nitrogens with one attached hydrogen (secondary N) is 2. The van der Waals surface area contributed by atoms with E-state index in [0.29, 0.717) is 24.9 Å². The Kier molecular flexibility index (Phi) is 11.4. The van der Waals surface area contributed by atoms with Crippen molar-refractivity contribution in [3.63, 3.8) is 0 Å². The van der Waals surface area contributed by atoms with E-state index in [2.05, 4.69) is 60.2 Å². The first-order valence-corrected chi connectivity index (χ1v) is 10.3. The summed E-state index contributed by atoms with van der Waals surface area (Å²) in [7, 11) is 0. The number of aryl methyl sites for hydroxylation is 1. The molecule has 156 valence electrons. The molecule has 0 aromatic carbocycles. The average Bonchev–Trinajstić information content (AvgIpc) is 3.02. The van der Waals surface area contributed by atoms with Gasteiger partial charge in [0.05, 0.1) is 19.2 Å². The van der Waals surface area contributed by atoms with Crippen LogP contribution < -0.4 is 15.4 Å².